The first kappa shape index (κ1) is 16.1. The van der Waals surface area contributed by atoms with E-state index in [0.29, 0.717) is 26.4 Å². The fourth-order valence-electron chi connectivity index (χ4n) is 1.22. The fourth-order valence-corrected chi connectivity index (χ4v) is 1.22. The number of hydrogen-bond acceptors (Lipinski definition) is 5. The molecule has 0 spiro atoms. The second-order valence-electron chi connectivity index (χ2n) is 3.44. The van der Waals surface area contributed by atoms with Crippen LogP contribution in [0, 0.1) is 0 Å². The summed E-state index contributed by atoms with van der Waals surface area (Å²) in [7, 11) is 3.34. The van der Waals surface area contributed by atoms with Gasteiger partial charge in [-0.2, -0.15) is 0 Å². The van der Waals surface area contributed by atoms with E-state index >= 15 is 0 Å². The molecule has 0 radical (unpaired) electrons. The maximum absolute atomic E-state index is 11.1. The lowest BCUT2D eigenvalue weighted by Crippen LogP contribution is -2.31. The average molecular weight is 245 g/mol. The lowest BCUT2D eigenvalue weighted by molar-refractivity contribution is -0.137. The summed E-state index contributed by atoms with van der Waals surface area (Å²) in [5, 5.41) is 0. The number of carbonyl (C=O) groups excluding carboxylic acids is 1. The van der Waals surface area contributed by atoms with Gasteiger partial charge in [-0.3, -0.25) is 4.90 Å². The van der Waals surface area contributed by atoms with E-state index in [1.165, 1.54) is 6.08 Å². The Morgan fingerprint density at radius 1 is 1.18 bits per heavy atom. The van der Waals surface area contributed by atoms with Crippen LogP contribution in [0.25, 0.3) is 0 Å². The molecule has 0 amide bonds. The molecule has 0 heterocycles. The first-order chi connectivity index (χ1) is 8.24. The van der Waals surface area contributed by atoms with Crippen LogP contribution in [-0.4, -0.2) is 64.5 Å². The minimum absolute atomic E-state index is 0.300. The first-order valence-corrected chi connectivity index (χ1v) is 5.78. The molecule has 5 nitrogen and oxygen atoms in total. The van der Waals surface area contributed by atoms with Gasteiger partial charge in [0.2, 0.25) is 0 Å². The van der Waals surface area contributed by atoms with Gasteiger partial charge in [0.15, 0.2) is 0 Å². The monoisotopic (exact) mass is 245 g/mol. The molecule has 0 unspecified atom stereocenters. The second-order valence-corrected chi connectivity index (χ2v) is 3.44. The predicted octanol–water partition coefficient (Wildman–Crippen LogP) is 0.701. The van der Waals surface area contributed by atoms with Gasteiger partial charge in [0, 0.05) is 39.9 Å². The van der Waals surface area contributed by atoms with Crippen LogP contribution >= 0.6 is 0 Å². The summed E-state index contributed by atoms with van der Waals surface area (Å²) in [6.45, 7) is 5.83. The average Bonchev–Trinajstić information content (AvgIpc) is 2.32. The molecule has 0 aliphatic carbocycles. The number of esters is 1. The maximum atomic E-state index is 11.1. The van der Waals surface area contributed by atoms with Crippen molar-refractivity contribution >= 4 is 5.97 Å². The summed E-state index contributed by atoms with van der Waals surface area (Å²) in [4.78, 5) is 13.2. The number of methoxy groups -OCH3 is 2. The Kier molecular flexibility index (Phi) is 11.0. The van der Waals surface area contributed by atoms with Crippen molar-refractivity contribution in [3.05, 3.63) is 12.2 Å². The topological polar surface area (TPSA) is 48.0 Å². The van der Waals surface area contributed by atoms with Gasteiger partial charge in [0.25, 0.3) is 0 Å². The van der Waals surface area contributed by atoms with Crippen LogP contribution in [0.1, 0.15) is 6.92 Å². The van der Waals surface area contributed by atoms with E-state index in [1.54, 1.807) is 27.2 Å². The molecule has 0 N–H and O–H groups in total. The summed E-state index contributed by atoms with van der Waals surface area (Å²) >= 11 is 0. The number of carbonyl (C=O) groups is 1. The van der Waals surface area contributed by atoms with Crippen molar-refractivity contribution in [2.45, 2.75) is 6.92 Å². The largest absolute Gasteiger partial charge is 0.463 e. The zero-order valence-electron chi connectivity index (χ0n) is 11.0. The maximum Gasteiger partial charge on any atom is 0.330 e. The van der Waals surface area contributed by atoms with Crippen molar-refractivity contribution in [1.82, 2.24) is 4.90 Å². The zero-order valence-corrected chi connectivity index (χ0v) is 11.0. The van der Waals surface area contributed by atoms with Gasteiger partial charge >= 0.3 is 5.97 Å². The lowest BCUT2D eigenvalue weighted by atomic mass is 10.4. The second kappa shape index (κ2) is 11.6. The van der Waals surface area contributed by atoms with Crippen molar-refractivity contribution in [2.24, 2.45) is 0 Å². The highest BCUT2D eigenvalue weighted by atomic mass is 16.5. The highest BCUT2D eigenvalue weighted by Gasteiger charge is 2.02. The third kappa shape index (κ3) is 9.99. The number of rotatable bonds is 10. The SMILES string of the molecule is CCOC(=O)/C=C/CN(CCOC)CCOC. The van der Waals surface area contributed by atoms with Crippen molar-refractivity contribution in [2.75, 3.05) is 53.7 Å². The third-order valence-corrected chi connectivity index (χ3v) is 2.13. The molecule has 0 aromatic carbocycles. The van der Waals surface area contributed by atoms with Gasteiger partial charge in [-0.05, 0) is 6.92 Å². The Hall–Kier alpha value is -0.910. The molecular formula is C12H23NO4. The van der Waals surface area contributed by atoms with Gasteiger partial charge in [-0.15, -0.1) is 0 Å². The van der Waals surface area contributed by atoms with E-state index in [2.05, 4.69) is 4.90 Å². The van der Waals surface area contributed by atoms with E-state index in [9.17, 15) is 4.79 Å². The number of ether oxygens (including phenoxy) is 3. The quantitative estimate of drug-likeness (QED) is 0.419. The predicted molar refractivity (Wildman–Crippen MR) is 66.0 cm³/mol. The normalized spacial score (nSPS) is 11.3. The van der Waals surface area contributed by atoms with E-state index in [-0.39, 0.29) is 5.97 Å². The molecule has 0 aliphatic heterocycles. The highest BCUT2D eigenvalue weighted by Crippen LogP contribution is 1.91. The smallest absolute Gasteiger partial charge is 0.330 e. The number of hydrogen-bond donors (Lipinski definition) is 0. The van der Waals surface area contributed by atoms with Gasteiger partial charge in [-0.1, -0.05) is 6.08 Å². The minimum Gasteiger partial charge on any atom is -0.463 e. The molecular weight excluding hydrogens is 222 g/mol. The van der Waals surface area contributed by atoms with Crippen molar-refractivity contribution < 1.29 is 19.0 Å². The molecule has 5 heteroatoms. The van der Waals surface area contributed by atoms with Crippen molar-refractivity contribution in [3.63, 3.8) is 0 Å². The lowest BCUT2D eigenvalue weighted by Gasteiger charge is -2.19. The van der Waals surface area contributed by atoms with Gasteiger partial charge in [0.1, 0.15) is 0 Å². The highest BCUT2D eigenvalue weighted by molar-refractivity contribution is 5.81. The number of nitrogens with zero attached hydrogens (tertiary/aromatic N) is 1. The van der Waals surface area contributed by atoms with E-state index in [4.69, 9.17) is 14.2 Å². The third-order valence-electron chi connectivity index (χ3n) is 2.13. The molecule has 0 rings (SSSR count). The Bertz CT molecular complexity index is 211. The Morgan fingerprint density at radius 3 is 2.24 bits per heavy atom. The van der Waals surface area contributed by atoms with Gasteiger partial charge < -0.3 is 14.2 Å². The van der Waals surface area contributed by atoms with Crippen LogP contribution in [0.15, 0.2) is 12.2 Å². The molecule has 0 saturated carbocycles. The van der Waals surface area contributed by atoms with E-state index < -0.39 is 0 Å². The van der Waals surface area contributed by atoms with Gasteiger partial charge in [-0.25, -0.2) is 4.79 Å². The van der Waals surface area contributed by atoms with Crippen molar-refractivity contribution in [1.29, 1.82) is 0 Å². The summed E-state index contributed by atoms with van der Waals surface area (Å²) in [5.41, 5.74) is 0. The fraction of sp³-hybridized carbons (Fsp3) is 0.750. The summed E-state index contributed by atoms with van der Waals surface area (Å²) in [6.07, 6.45) is 3.25. The van der Waals surface area contributed by atoms with Crippen LogP contribution < -0.4 is 0 Å². The van der Waals surface area contributed by atoms with Crippen LogP contribution in [0.5, 0.6) is 0 Å². The molecule has 17 heavy (non-hydrogen) atoms. The molecule has 0 aromatic heterocycles. The van der Waals surface area contributed by atoms with Crippen LogP contribution in [0.2, 0.25) is 0 Å². The van der Waals surface area contributed by atoms with Crippen molar-refractivity contribution in [3.8, 4) is 0 Å². The van der Waals surface area contributed by atoms with Crippen LogP contribution in [0.3, 0.4) is 0 Å². The summed E-state index contributed by atoms with van der Waals surface area (Å²) in [5.74, 6) is -0.300. The Balaban J connectivity index is 3.91. The Morgan fingerprint density at radius 2 is 1.76 bits per heavy atom. The molecule has 0 saturated heterocycles. The van der Waals surface area contributed by atoms with E-state index in [1.807, 2.05) is 0 Å². The summed E-state index contributed by atoms with van der Waals surface area (Å²) in [6, 6.07) is 0. The Labute approximate surface area is 103 Å². The minimum atomic E-state index is -0.300. The molecule has 0 aromatic rings. The van der Waals surface area contributed by atoms with Crippen LogP contribution in [0.4, 0.5) is 0 Å². The first-order valence-electron chi connectivity index (χ1n) is 5.78. The van der Waals surface area contributed by atoms with Gasteiger partial charge in [0.05, 0.1) is 19.8 Å². The molecule has 100 valence electrons. The molecule has 0 bridgehead atoms. The molecule has 0 atom stereocenters. The standard InChI is InChI=1S/C12H23NO4/c1-4-17-12(14)6-5-7-13(8-10-15-2)9-11-16-3/h5-6H,4,7-11H2,1-3H3/b6-5+. The molecule has 0 aliphatic rings. The van der Waals surface area contributed by atoms with Crippen LogP contribution in [-0.2, 0) is 19.0 Å². The summed E-state index contributed by atoms with van der Waals surface area (Å²) < 4.78 is 14.8. The molecule has 0 fully saturated rings. The van der Waals surface area contributed by atoms with E-state index in [0.717, 1.165) is 13.1 Å². The zero-order chi connectivity index (χ0) is 12.9.